The first-order valence-corrected chi connectivity index (χ1v) is 7.79. The number of benzene rings is 1. The van der Waals surface area contributed by atoms with Gasteiger partial charge in [-0.05, 0) is 48.7 Å². The summed E-state index contributed by atoms with van der Waals surface area (Å²) in [6.45, 7) is -0.412. The maximum atomic E-state index is 10.5. The normalized spacial score (nSPS) is 10.9. The van der Waals surface area contributed by atoms with Crippen molar-refractivity contribution in [2.24, 2.45) is 10.2 Å². The molecular weight excluding hydrogens is 364 g/mol. The van der Waals surface area contributed by atoms with Crippen molar-refractivity contribution < 1.29 is 14.6 Å². The minimum atomic E-state index is -1.05. The molecule has 0 bridgehead atoms. The predicted molar refractivity (Wildman–Crippen MR) is 104 cm³/mol. The van der Waals surface area contributed by atoms with Crippen molar-refractivity contribution in [1.29, 1.82) is 0 Å². The molecule has 0 radical (unpaired) electrons. The number of aliphatic carboxylic acids is 1. The van der Waals surface area contributed by atoms with Gasteiger partial charge in [0.2, 0.25) is 0 Å². The molecule has 0 amide bonds. The van der Waals surface area contributed by atoms with Crippen LogP contribution in [0.25, 0.3) is 0 Å². The molecule has 25 heavy (non-hydrogen) atoms. The lowest BCUT2D eigenvalue weighted by Crippen LogP contribution is -2.30. The maximum Gasteiger partial charge on any atom is 0.341 e. The average Bonchev–Trinajstić information content (AvgIpc) is 2.62. The summed E-state index contributed by atoms with van der Waals surface area (Å²) < 4.78 is 5.09. The van der Waals surface area contributed by atoms with Crippen LogP contribution in [-0.2, 0) is 4.79 Å². The van der Waals surface area contributed by atoms with Gasteiger partial charge in [-0.15, -0.1) is 0 Å². The van der Waals surface area contributed by atoms with Crippen molar-refractivity contribution in [3.05, 3.63) is 29.8 Å². The van der Waals surface area contributed by atoms with Gasteiger partial charge in [-0.2, -0.15) is 10.2 Å². The molecule has 5 N–H and O–H groups in total. The van der Waals surface area contributed by atoms with E-state index in [4.69, 9.17) is 34.3 Å². The lowest BCUT2D eigenvalue weighted by molar-refractivity contribution is -0.139. The quantitative estimate of drug-likeness (QED) is 0.253. The molecular formula is C14H18N6O3S2. The molecule has 1 aromatic rings. The maximum absolute atomic E-state index is 10.5. The van der Waals surface area contributed by atoms with Gasteiger partial charge < -0.3 is 20.5 Å². The molecule has 0 aliphatic carbocycles. The number of hydrogen-bond acceptors (Lipinski definition) is 6. The van der Waals surface area contributed by atoms with Crippen LogP contribution in [0.2, 0.25) is 0 Å². The van der Waals surface area contributed by atoms with E-state index in [1.165, 1.54) is 6.21 Å². The van der Waals surface area contributed by atoms with E-state index >= 15 is 0 Å². The lowest BCUT2D eigenvalue weighted by Gasteiger charge is -2.07. The Morgan fingerprint density at radius 2 is 1.76 bits per heavy atom. The zero-order chi connectivity index (χ0) is 18.7. The zero-order valence-corrected chi connectivity index (χ0v) is 15.2. The van der Waals surface area contributed by atoms with E-state index in [0.717, 1.165) is 0 Å². The molecule has 0 fully saturated rings. The van der Waals surface area contributed by atoms with Gasteiger partial charge in [0.1, 0.15) is 11.5 Å². The summed E-state index contributed by atoms with van der Waals surface area (Å²) >= 11 is 9.91. The van der Waals surface area contributed by atoms with Crippen molar-refractivity contribution in [3.63, 3.8) is 0 Å². The highest BCUT2D eigenvalue weighted by atomic mass is 32.1. The summed E-state index contributed by atoms with van der Waals surface area (Å²) in [5.74, 6) is -0.620. The van der Waals surface area contributed by atoms with Gasteiger partial charge in [-0.25, -0.2) is 4.79 Å². The number of hydrogen-bond donors (Lipinski definition) is 5. The second-order valence-corrected chi connectivity index (χ2v) is 5.16. The van der Waals surface area contributed by atoms with E-state index in [1.54, 1.807) is 38.4 Å². The smallest absolute Gasteiger partial charge is 0.341 e. The van der Waals surface area contributed by atoms with Gasteiger partial charge in [0.15, 0.2) is 16.8 Å². The average molecular weight is 382 g/mol. The molecule has 9 nitrogen and oxygen atoms in total. The molecule has 0 aromatic heterocycles. The Morgan fingerprint density at radius 1 is 1.16 bits per heavy atom. The fourth-order valence-corrected chi connectivity index (χ4v) is 1.51. The van der Waals surface area contributed by atoms with E-state index in [-0.39, 0.29) is 0 Å². The number of carboxylic acids is 1. The Labute approximate surface area is 155 Å². The summed E-state index contributed by atoms with van der Waals surface area (Å²) in [6, 6.07) is 6.68. The highest BCUT2D eigenvalue weighted by Crippen LogP contribution is 2.12. The Kier molecular flexibility index (Phi) is 8.82. The number of hydrazone groups is 2. The molecule has 1 rings (SSSR count). The third kappa shape index (κ3) is 8.04. The van der Waals surface area contributed by atoms with E-state index in [9.17, 15) is 4.79 Å². The number of ether oxygens (including phenoxy) is 1. The van der Waals surface area contributed by atoms with E-state index < -0.39 is 12.6 Å². The van der Waals surface area contributed by atoms with E-state index in [1.807, 2.05) is 0 Å². The first-order chi connectivity index (χ1) is 12.0. The van der Waals surface area contributed by atoms with Crippen LogP contribution >= 0.6 is 24.4 Å². The SMILES string of the molecule is CNC(=S)NN=CC(=NNC(=S)NC)c1ccc(OCC(=O)O)cc1. The largest absolute Gasteiger partial charge is 0.482 e. The Morgan fingerprint density at radius 3 is 2.32 bits per heavy atom. The van der Waals surface area contributed by atoms with Crippen LogP contribution in [0.5, 0.6) is 5.75 Å². The molecule has 1 aromatic carbocycles. The highest BCUT2D eigenvalue weighted by Gasteiger charge is 2.04. The highest BCUT2D eigenvalue weighted by molar-refractivity contribution is 7.80. The van der Waals surface area contributed by atoms with E-state index in [0.29, 0.717) is 27.2 Å². The number of nitrogens with one attached hydrogen (secondary N) is 4. The minimum absolute atomic E-state index is 0.339. The van der Waals surface area contributed by atoms with Gasteiger partial charge in [-0.3, -0.25) is 10.9 Å². The fourth-order valence-electron chi connectivity index (χ4n) is 1.41. The van der Waals surface area contributed by atoms with Crippen molar-refractivity contribution in [2.75, 3.05) is 20.7 Å². The van der Waals surface area contributed by atoms with Crippen molar-refractivity contribution >= 4 is 52.6 Å². The van der Waals surface area contributed by atoms with Crippen LogP contribution in [0.15, 0.2) is 34.5 Å². The second kappa shape index (κ2) is 10.9. The number of carboxylic acid groups (broad SMARTS) is 1. The Bertz CT molecular complexity index is 676. The third-order valence-corrected chi connectivity index (χ3v) is 3.19. The van der Waals surface area contributed by atoms with Crippen LogP contribution in [-0.4, -0.2) is 53.9 Å². The summed E-state index contributed by atoms with van der Waals surface area (Å²) in [6.07, 6.45) is 1.46. The fraction of sp³-hybridized carbons (Fsp3) is 0.214. The van der Waals surface area contributed by atoms with Crippen molar-refractivity contribution in [1.82, 2.24) is 21.5 Å². The van der Waals surface area contributed by atoms with Crippen LogP contribution < -0.4 is 26.2 Å². The Balaban J connectivity index is 2.91. The summed E-state index contributed by atoms with van der Waals surface area (Å²) in [5.41, 5.74) is 6.46. The number of thiocarbonyl (C=S) groups is 2. The van der Waals surface area contributed by atoms with Gasteiger partial charge in [0.25, 0.3) is 0 Å². The van der Waals surface area contributed by atoms with Gasteiger partial charge >= 0.3 is 5.97 Å². The van der Waals surface area contributed by atoms with Crippen LogP contribution in [0.1, 0.15) is 5.56 Å². The molecule has 0 atom stereocenters. The monoisotopic (exact) mass is 382 g/mol. The van der Waals surface area contributed by atoms with Crippen LogP contribution in [0.4, 0.5) is 0 Å². The number of nitrogens with zero attached hydrogens (tertiary/aromatic N) is 2. The molecule has 0 spiro atoms. The molecule has 0 aliphatic rings. The summed E-state index contributed by atoms with van der Waals surface area (Å²) in [7, 11) is 3.34. The predicted octanol–water partition coefficient (Wildman–Crippen LogP) is 0.0277. The molecule has 0 aliphatic heterocycles. The van der Waals surface area contributed by atoms with Crippen LogP contribution in [0.3, 0.4) is 0 Å². The summed E-state index contributed by atoms with van der Waals surface area (Å²) in [5, 5.41) is 22.9. The van der Waals surface area contributed by atoms with Gasteiger partial charge in [-0.1, -0.05) is 0 Å². The number of carbonyl (C=O) groups is 1. The molecule has 0 saturated heterocycles. The van der Waals surface area contributed by atoms with Crippen molar-refractivity contribution in [2.45, 2.75) is 0 Å². The topological polar surface area (TPSA) is 119 Å². The minimum Gasteiger partial charge on any atom is -0.482 e. The first-order valence-electron chi connectivity index (χ1n) is 6.97. The van der Waals surface area contributed by atoms with Gasteiger partial charge in [0.05, 0.1) is 6.21 Å². The molecule has 0 unspecified atom stereocenters. The lowest BCUT2D eigenvalue weighted by atomic mass is 10.1. The van der Waals surface area contributed by atoms with Crippen molar-refractivity contribution in [3.8, 4) is 5.75 Å². The van der Waals surface area contributed by atoms with E-state index in [2.05, 4.69) is 31.7 Å². The molecule has 0 saturated carbocycles. The second-order valence-electron chi connectivity index (χ2n) is 4.34. The number of rotatable bonds is 7. The van der Waals surface area contributed by atoms with Gasteiger partial charge in [0, 0.05) is 19.7 Å². The zero-order valence-electron chi connectivity index (χ0n) is 13.6. The van der Waals surface area contributed by atoms with Crippen LogP contribution in [0, 0.1) is 0 Å². The third-order valence-electron chi connectivity index (χ3n) is 2.60. The Hall–Kier alpha value is -2.79. The molecule has 0 heterocycles. The first kappa shape index (κ1) is 20.3. The summed E-state index contributed by atoms with van der Waals surface area (Å²) in [4.78, 5) is 10.5. The standard InChI is InChI=1S/C14H18N6O3S2/c1-15-13(24)19-17-7-11(18-20-14(25)16-2)9-3-5-10(6-4-9)23-8-12(21)22/h3-7H,8H2,1-2H3,(H,21,22)(H2,15,19,24)(H2,16,20,25). The molecule has 11 heteroatoms. The molecule has 134 valence electrons.